The van der Waals surface area contributed by atoms with Gasteiger partial charge in [0, 0.05) is 23.1 Å². The van der Waals surface area contributed by atoms with Crippen LogP contribution in [0.2, 0.25) is 0 Å². The number of likely N-dealkylation sites (N-methyl/N-ethyl adjacent to an activating group) is 1. The van der Waals surface area contributed by atoms with Crippen molar-refractivity contribution >= 4 is 11.8 Å². The Balaban J connectivity index is 1.84. The Hall–Kier alpha value is -1.40. The molecule has 2 heterocycles. The lowest BCUT2D eigenvalue weighted by Crippen LogP contribution is -2.34. The van der Waals surface area contributed by atoms with Crippen molar-refractivity contribution in [2.45, 2.75) is 25.8 Å². The molecule has 2 atom stereocenters. The van der Waals surface area contributed by atoms with E-state index in [1.165, 1.54) is 6.07 Å². The predicted octanol–water partition coefficient (Wildman–Crippen LogP) is 2.99. The van der Waals surface area contributed by atoms with Gasteiger partial charge in [-0.1, -0.05) is 12.1 Å². The van der Waals surface area contributed by atoms with Crippen LogP contribution in [-0.2, 0) is 0 Å². The predicted molar refractivity (Wildman–Crippen MR) is 82.0 cm³/mol. The molecule has 3 rings (SSSR count). The summed E-state index contributed by atoms with van der Waals surface area (Å²) in [6.45, 7) is 4.76. The smallest absolute Gasteiger partial charge is 0.232 e. The molecule has 1 aliphatic rings. The molecule has 4 nitrogen and oxygen atoms in total. The van der Waals surface area contributed by atoms with Gasteiger partial charge in [-0.15, -0.1) is 0 Å². The summed E-state index contributed by atoms with van der Waals surface area (Å²) in [5, 5.41) is 7.51. The van der Waals surface area contributed by atoms with E-state index in [-0.39, 0.29) is 11.7 Å². The zero-order valence-corrected chi connectivity index (χ0v) is 12.9. The van der Waals surface area contributed by atoms with Gasteiger partial charge in [0.1, 0.15) is 5.82 Å². The van der Waals surface area contributed by atoms with Crippen LogP contribution in [0.3, 0.4) is 0 Å². The molecule has 2 unspecified atom stereocenters. The molecule has 1 aliphatic heterocycles. The summed E-state index contributed by atoms with van der Waals surface area (Å²) in [5.41, 5.74) is 1.37. The second-order valence-corrected chi connectivity index (χ2v) is 6.30. The van der Waals surface area contributed by atoms with Crippen LogP contribution < -0.4 is 5.32 Å². The third-order valence-electron chi connectivity index (χ3n) is 3.72. The highest BCUT2D eigenvalue weighted by Gasteiger charge is 2.33. The number of benzene rings is 1. The van der Waals surface area contributed by atoms with Crippen LogP contribution in [0.15, 0.2) is 22.7 Å². The Morgan fingerprint density at radius 1 is 1.43 bits per heavy atom. The molecule has 0 aliphatic carbocycles. The maximum Gasteiger partial charge on any atom is 0.232 e. The van der Waals surface area contributed by atoms with Gasteiger partial charge in [0.15, 0.2) is 0 Å². The SMILES string of the molecule is CCNC1CSCC1c1nc(-c2ccc(F)c(C)c2)no1. The van der Waals surface area contributed by atoms with Gasteiger partial charge in [-0.25, -0.2) is 4.39 Å². The van der Waals surface area contributed by atoms with Crippen molar-refractivity contribution in [2.24, 2.45) is 0 Å². The fourth-order valence-corrected chi connectivity index (χ4v) is 3.92. The van der Waals surface area contributed by atoms with Gasteiger partial charge in [0.2, 0.25) is 11.7 Å². The average Bonchev–Trinajstić information content (AvgIpc) is 3.10. The summed E-state index contributed by atoms with van der Waals surface area (Å²) in [6.07, 6.45) is 0. The summed E-state index contributed by atoms with van der Waals surface area (Å²) < 4.78 is 18.8. The Bertz CT molecular complexity index is 631. The minimum atomic E-state index is -0.220. The summed E-state index contributed by atoms with van der Waals surface area (Å²) in [5.74, 6) is 3.27. The van der Waals surface area contributed by atoms with Crippen molar-refractivity contribution in [2.75, 3.05) is 18.1 Å². The molecule has 1 aromatic heterocycles. The van der Waals surface area contributed by atoms with Crippen LogP contribution in [0, 0.1) is 12.7 Å². The summed E-state index contributed by atoms with van der Waals surface area (Å²) in [6, 6.07) is 5.24. The molecule has 0 spiro atoms. The topological polar surface area (TPSA) is 51.0 Å². The van der Waals surface area contributed by atoms with Crippen molar-refractivity contribution in [3.63, 3.8) is 0 Å². The standard InChI is InChI=1S/C15H18FN3OS/c1-3-17-13-8-21-7-11(13)15-18-14(19-20-15)10-4-5-12(16)9(2)6-10/h4-6,11,13,17H,3,7-8H2,1-2H3. The first-order chi connectivity index (χ1) is 10.2. The summed E-state index contributed by atoms with van der Waals surface area (Å²) in [4.78, 5) is 4.51. The van der Waals surface area contributed by atoms with Gasteiger partial charge in [-0.3, -0.25) is 0 Å². The first-order valence-electron chi connectivity index (χ1n) is 7.10. The molecule has 0 bridgehead atoms. The Morgan fingerprint density at radius 3 is 3.05 bits per heavy atom. The molecule has 1 fully saturated rings. The first kappa shape index (κ1) is 14.5. The lowest BCUT2D eigenvalue weighted by Gasteiger charge is -2.15. The number of hydrogen-bond acceptors (Lipinski definition) is 5. The number of rotatable bonds is 4. The Labute approximate surface area is 127 Å². The van der Waals surface area contributed by atoms with E-state index in [4.69, 9.17) is 4.52 Å². The maximum atomic E-state index is 13.3. The normalized spacial score (nSPS) is 21.9. The Kier molecular flexibility index (Phi) is 4.26. The lowest BCUT2D eigenvalue weighted by molar-refractivity contribution is 0.340. The van der Waals surface area contributed by atoms with Crippen molar-refractivity contribution in [1.82, 2.24) is 15.5 Å². The molecule has 6 heteroatoms. The van der Waals surface area contributed by atoms with Crippen molar-refractivity contribution in [3.8, 4) is 11.4 Å². The van der Waals surface area contributed by atoms with Gasteiger partial charge < -0.3 is 9.84 Å². The number of aryl methyl sites for hydroxylation is 1. The number of nitrogens with zero attached hydrogens (tertiary/aromatic N) is 2. The van der Waals surface area contributed by atoms with E-state index < -0.39 is 0 Å². The van der Waals surface area contributed by atoms with Gasteiger partial charge in [0.25, 0.3) is 0 Å². The third-order valence-corrected chi connectivity index (χ3v) is 4.91. The van der Waals surface area contributed by atoms with Crippen LogP contribution in [-0.4, -0.2) is 34.2 Å². The zero-order valence-electron chi connectivity index (χ0n) is 12.1. The molecule has 1 saturated heterocycles. The minimum absolute atomic E-state index is 0.220. The quantitative estimate of drug-likeness (QED) is 0.941. The minimum Gasteiger partial charge on any atom is -0.339 e. The van der Waals surface area contributed by atoms with Crippen LogP contribution in [0.1, 0.15) is 24.3 Å². The largest absolute Gasteiger partial charge is 0.339 e. The maximum absolute atomic E-state index is 13.3. The van der Waals surface area contributed by atoms with Crippen LogP contribution in [0.4, 0.5) is 4.39 Å². The van der Waals surface area contributed by atoms with Crippen LogP contribution in [0.25, 0.3) is 11.4 Å². The van der Waals surface area contributed by atoms with E-state index in [1.54, 1.807) is 19.1 Å². The highest BCUT2D eigenvalue weighted by Crippen LogP contribution is 2.33. The number of aromatic nitrogens is 2. The van der Waals surface area contributed by atoms with Gasteiger partial charge in [-0.2, -0.15) is 16.7 Å². The second-order valence-electron chi connectivity index (χ2n) is 5.23. The average molecular weight is 307 g/mol. The van der Waals surface area contributed by atoms with Crippen molar-refractivity contribution in [3.05, 3.63) is 35.5 Å². The molecule has 1 N–H and O–H groups in total. The fourth-order valence-electron chi connectivity index (χ4n) is 2.55. The number of thioether (sulfide) groups is 1. The molecular weight excluding hydrogens is 289 g/mol. The molecule has 0 radical (unpaired) electrons. The highest BCUT2D eigenvalue weighted by molar-refractivity contribution is 7.99. The monoisotopic (exact) mass is 307 g/mol. The first-order valence-corrected chi connectivity index (χ1v) is 8.25. The van der Waals surface area contributed by atoms with Crippen LogP contribution >= 0.6 is 11.8 Å². The number of halogens is 1. The van der Waals surface area contributed by atoms with E-state index in [1.807, 2.05) is 11.8 Å². The highest BCUT2D eigenvalue weighted by atomic mass is 32.2. The third kappa shape index (κ3) is 2.96. The molecular formula is C15H18FN3OS. The summed E-state index contributed by atoms with van der Waals surface area (Å²) in [7, 11) is 0. The van der Waals surface area contributed by atoms with E-state index in [2.05, 4.69) is 22.4 Å². The fraction of sp³-hybridized carbons (Fsp3) is 0.467. The molecule has 21 heavy (non-hydrogen) atoms. The van der Waals surface area contributed by atoms with E-state index in [9.17, 15) is 4.39 Å². The van der Waals surface area contributed by atoms with Crippen molar-refractivity contribution < 1.29 is 8.91 Å². The summed E-state index contributed by atoms with van der Waals surface area (Å²) >= 11 is 1.89. The Morgan fingerprint density at radius 2 is 2.29 bits per heavy atom. The van der Waals surface area contributed by atoms with E-state index in [0.29, 0.717) is 23.3 Å². The molecule has 0 amide bonds. The van der Waals surface area contributed by atoms with E-state index in [0.717, 1.165) is 23.6 Å². The van der Waals surface area contributed by atoms with Crippen LogP contribution in [0.5, 0.6) is 0 Å². The molecule has 112 valence electrons. The lowest BCUT2D eigenvalue weighted by atomic mass is 10.0. The van der Waals surface area contributed by atoms with Gasteiger partial charge in [-0.05, 0) is 37.2 Å². The van der Waals surface area contributed by atoms with Gasteiger partial charge in [0.05, 0.1) is 5.92 Å². The second kappa shape index (κ2) is 6.15. The molecule has 0 saturated carbocycles. The molecule has 2 aromatic rings. The number of hydrogen-bond donors (Lipinski definition) is 1. The van der Waals surface area contributed by atoms with Gasteiger partial charge >= 0.3 is 0 Å². The zero-order chi connectivity index (χ0) is 14.8. The molecule has 1 aromatic carbocycles. The number of nitrogens with one attached hydrogen (secondary N) is 1. The van der Waals surface area contributed by atoms with Crippen molar-refractivity contribution in [1.29, 1.82) is 0 Å². The van der Waals surface area contributed by atoms with E-state index >= 15 is 0 Å².